The van der Waals surface area contributed by atoms with Crippen LogP contribution in [0.4, 0.5) is 0 Å². The number of ether oxygens (including phenoxy) is 1. The van der Waals surface area contributed by atoms with Crippen molar-refractivity contribution in [2.75, 3.05) is 7.11 Å². The van der Waals surface area contributed by atoms with Crippen LogP contribution in [0.3, 0.4) is 0 Å². The number of hydrogen-bond donors (Lipinski definition) is 1. The topological polar surface area (TPSA) is 55.4 Å². The number of nitrogens with one attached hydrogen (secondary N) is 1. The van der Waals surface area contributed by atoms with E-state index < -0.39 is 11.9 Å². The molecule has 1 fully saturated rings. The van der Waals surface area contributed by atoms with Crippen LogP contribution in [0.5, 0.6) is 0 Å². The van der Waals surface area contributed by atoms with Gasteiger partial charge in [0.1, 0.15) is 5.92 Å². The Kier molecular flexibility index (Phi) is 3.92. The molecule has 0 saturated heterocycles. The van der Waals surface area contributed by atoms with Crippen molar-refractivity contribution in [3.05, 3.63) is 0 Å². The van der Waals surface area contributed by atoms with E-state index in [-0.39, 0.29) is 11.9 Å². The van der Waals surface area contributed by atoms with Crippen molar-refractivity contribution in [1.29, 1.82) is 0 Å². The Bertz CT molecular complexity index is 223. The second-order valence-corrected chi connectivity index (χ2v) is 3.62. The van der Waals surface area contributed by atoms with Crippen molar-refractivity contribution in [2.24, 2.45) is 5.92 Å². The Labute approximate surface area is 84.0 Å². The second kappa shape index (κ2) is 4.98. The van der Waals surface area contributed by atoms with Gasteiger partial charge in [-0.25, -0.2) is 0 Å². The summed E-state index contributed by atoms with van der Waals surface area (Å²) in [5.74, 6) is -1.27. The maximum absolute atomic E-state index is 11.6. The third-order valence-electron chi connectivity index (χ3n) is 2.66. The number of carbonyl (C=O) groups excluding carboxylic acids is 2. The molecule has 1 atom stereocenters. The molecule has 0 heterocycles. The smallest absolute Gasteiger partial charge is 0.318 e. The minimum absolute atomic E-state index is 0.191. The van der Waals surface area contributed by atoms with E-state index in [0.717, 1.165) is 12.8 Å². The second-order valence-electron chi connectivity index (χ2n) is 3.62. The van der Waals surface area contributed by atoms with E-state index in [0.29, 0.717) is 6.42 Å². The first-order chi connectivity index (χ1) is 6.69. The molecule has 4 heteroatoms. The van der Waals surface area contributed by atoms with Crippen LogP contribution in [-0.4, -0.2) is 25.0 Å². The molecule has 80 valence electrons. The summed E-state index contributed by atoms with van der Waals surface area (Å²) in [5, 5.41) is 2.84. The molecule has 0 radical (unpaired) electrons. The van der Waals surface area contributed by atoms with Crippen LogP contribution in [0.25, 0.3) is 0 Å². The van der Waals surface area contributed by atoms with Crippen molar-refractivity contribution >= 4 is 11.9 Å². The lowest BCUT2D eigenvalue weighted by Gasteiger charge is -2.27. The predicted octanol–water partition coefficient (Wildman–Crippen LogP) is 0.854. The Hall–Kier alpha value is -1.06. The van der Waals surface area contributed by atoms with Crippen LogP contribution >= 0.6 is 0 Å². The molecule has 1 aliphatic carbocycles. The van der Waals surface area contributed by atoms with E-state index in [1.165, 1.54) is 13.5 Å². The number of esters is 1. The summed E-state index contributed by atoms with van der Waals surface area (Å²) in [6.45, 7) is 1.81. The lowest BCUT2D eigenvalue weighted by atomic mass is 9.92. The highest BCUT2D eigenvalue weighted by molar-refractivity contribution is 5.97. The zero-order valence-electron chi connectivity index (χ0n) is 8.71. The third-order valence-corrected chi connectivity index (χ3v) is 2.66. The summed E-state index contributed by atoms with van der Waals surface area (Å²) in [7, 11) is 1.31. The number of hydrogen-bond acceptors (Lipinski definition) is 3. The third kappa shape index (κ3) is 2.47. The van der Waals surface area contributed by atoms with E-state index in [1.807, 2.05) is 6.92 Å². The standard InChI is InChI=1S/C10H17NO3/c1-3-8(10(13)14-2)9(12)11-7-5-4-6-7/h7-8H,3-6H2,1-2H3,(H,11,12). The molecule has 0 aromatic rings. The van der Waals surface area contributed by atoms with Gasteiger partial charge in [-0.05, 0) is 25.7 Å². The molecular formula is C10H17NO3. The van der Waals surface area contributed by atoms with Gasteiger partial charge in [0.05, 0.1) is 7.11 Å². The predicted molar refractivity (Wildman–Crippen MR) is 51.6 cm³/mol. The maximum atomic E-state index is 11.6. The first-order valence-electron chi connectivity index (χ1n) is 5.07. The summed E-state index contributed by atoms with van der Waals surface area (Å²) in [5.41, 5.74) is 0. The fraction of sp³-hybridized carbons (Fsp3) is 0.800. The van der Waals surface area contributed by atoms with Gasteiger partial charge in [-0.2, -0.15) is 0 Å². The molecule has 0 bridgehead atoms. The fourth-order valence-corrected chi connectivity index (χ4v) is 1.46. The molecule has 14 heavy (non-hydrogen) atoms. The maximum Gasteiger partial charge on any atom is 0.318 e. The molecule has 0 aliphatic heterocycles. The first-order valence-corrected chi connectivity index (χ1v) is 5.07. The van der Waals surface area contributed by atoms with Gasteiger partial charge in [0.15, 0.2) is 0 Å². The summed E-state index contributed by atoms with van der Waals surface area (Å²) < 4.78 is 4.56. The number of amides is 1. The zero-order chi connectivity index (χ0) is 10.6. The normalized spacial score (nSPS) is 18.1. The molecule has 4 nitrogen and oxygen atoms in total. The summed E-state index contributed by atoms with van der Waals surface area (Å²) >= 11 is 0. The number of rotatable bonds is 4. The molecular weight excluding hydrogens is 182 g/mol. The minimum atomic E-state index is -0.638. The Morgan fingerprint density at radius 3 is 2.50 bits per heavy atom. The van der Waals surface area contributed by atoms with Crippen molar-refractivity contribution in [1.82, 2.24) is 5.32 Å². The van der Waals surface area contributed by atoms with Crippen molar-refractivity contribution in [3.8, 4) is 0 Å². The van der Waals surface area contributed by atoms with Crippen LogP contribution in [0.2, 0.25) is 0 Å². The van der Waals surface area contributed by atoms with Gasteiger partial charge >= 0.3 is 5.97 Å². The Morgan fingerprint density at radius 2 is 2.14 bits per heavy atom. The van der Waals surface area contributed by atoms with Crippen molar-refractivity contribution in [3.63, 3.8) is 0 Å². The van der Waals surface area contributed by atoms with Crippen LogP contribution in [-0.2, 0) is 14.3 Å². The molecule has 0 aromatic heterocycles. The lowest BCUT2D eigenvalue weighted by Crippen LogP contribution is -2.44. The molecule has 1 amide bonds. The summed E-state index contributed by atoms with van der Waals surface area (Å²) in [6, 6.07) is 0.279. The Balaban J connectivity index is 2.42. The highest BCUT2D eigenvalue weighted by atomic mass is 16.5. The fourth-order valence-electron chi connectivity index (χ4n) is 1.46. The van der Waals surface area contributed by atoms with Gasteiger partial charge in [-0.15, -0.1) is 0 Å². The molecule has 1 unspecified atom stereocenters. The largest absolute Gasteiger partial charge is 0.468 e. The van der Waals surface area contributed by atoms with Gasteiger partial charge in [0.2, 0.25) is 5.91 Å². The molecule has 1 rings (SSSR count). The summed E-state index contributed by atoms with van der Waals surface area (Å²) in [4.78, 5) is 22.8. The van der Waals surface area contributed by atoms with Crippen molar-refractivity contribution in [2.45, 2.75) is 38.6 Å². The molecule has 1 N–H and O–H groups in total. The van der Waals surface area contributed by atoms with Gasteiger partial charge in [0.25, 0.3) is 0 Å². The van der Waals surface area contributed by atoms with E-state index in [9.17, 15) is 9.59 Å². The van der Waals surface area contributed by atoms with Gasteiger partial charge in [0, 0.05) is 6.04 Å². The SMILES string of the molecule is CCC(C(=O)NC1CCC1)C(=O)OC. The van der Waals surface area contributed by atoms with Gasteiger partial charge in [-0.1, -0.05) is 6.92 Å². The average Bonchev–Trinajstić information content (AvgIpc) is 2.12. The first kappa shape index (κ1) is 11.0. The monoisotopic (exact) mass is 199 g/mol. The van der Waals surface area contributed by atoms with Crippen LogP contribution in [0.15, 0.2) is 0 Å². The van der Waals surface area contributed by atoms with Crippen LogP contribution in [0.1, 0.15) is 32.6 Å². The zero-order valence-corrected chi connectivity index (χ0v) is 8.71. The lowest BCUT2D eigenvalue weighted by molar-refractivity contribution is -0.150. The van der Waals surface area contributed by atoms with Gasteiger partial charge in [-0.3, -0.25) is 9.59 Å². The van der Waals surface area contributed by atoms with E-state index in [4.69, 9.17) is 0 Å². The molecule has 1 aliphatic rings. The molecule has 0 aromatic carbocycles. The quantitative estimate of drug-likeness (QED) is 0.539. The van der Waals surface area contributed by atoms with Gasteiger partial charge < -0.3 is 10.1 Å². The van der Waals surface area contributed by atoms with Crippen LogP contribution < -0.4 is 5.32 Å². The number of carbonyl (C=O) groups is 2. The highest BCUT2D eigenvalue weighted by Gasteiger charge is 2.28. The van der Waals surface area contributed by atoms with Crippen molar-refractivity contribution < 1.29 is 14.3 Å². The number of methoxy groups -OCH3 is 1. The minimum Gasteiger partial charge on any atom is -0.468 e. The Morgan fingerprint density at radius 1 is 1.50 bits per heavy atom. The van der Waals surface area contributed by atoms with Crippen LogP contribution in [0, 0.1) is 5.92 Å². The van der Waals surface area contributed by atoms with E-state index in [1.54, 1.807) is 0 Å². The van der Waals surface area contributed by atoms with E-state index >= 15 is 0 Å². The highest BCUT2D eigenvalue weighted by Crippen LogP contribution is 2.19. The molecule has 0 spiro atoms. The average molecular weight is 199 g/mol. The van der Waals surface area contributed by atoms with E-state index in [2.05, 4.69) is 10.1 Å². The molecule has 1 saturated carbocycles. The summed E-state index contributed by atoms with van der Waals surface area (Å²) in [6.07, 6.45) is 3.72.